The number of likely N-dealkylation sites (tertiary alicyclic amines) is 1. The Bertz CT molecular complexity index is 2460. The van der Waals surface area contributed by atoms with Crippen LogP contribution in [0.25, 0.3) is 11.1 Å². The number of aromatic nitrogens is 2. The minimum Gasteiger partial charge on any atom is -0.376 e. The van der Waals surface area contributed by atoms with E-state index < -0.39 is 43.3 Å². The lowest BCUT2D eigenvalue weighted by Gasteiger charge is -2.40. The molecule has 3 heterocycles. The third-order valence-electron chi connectivity index (χ3n) is 11.2. The molecule has 5 aromatic rings. The smallest absolute Gasteiger partial charge is 0.376 e. The Kier molecular flexibility index (Phi) is 14.4. The predicted octanol–water partition coefficient (Wildman–Crippen LogP) is 9.07. The van der Waals surface area contributed by atoms with Crippen LogP contribution in [0.1, 0.15) is 41.9 Å². The average molecular weight is 910 g/mol. The lowest BCUT2D eigenvalue weighted by atomic mass is 9.96. The van der Waals surface area contributed by atoms with Gasteiger partial charge >= 0.3 is 6.18 Å². The molecule has 1 fully saturated rings. The van der Waals surface area contributed by atoms with Crippen LogP contribution in [0.15, 0.2) is 107 Å². The number of nitrogens with zero attached hydrogens (tertiary/aromatic N) is 6. The molecule has 0 saturated carbocycles. The molecule has 2 N–H and O–H groups in total. The van der Waals surface area contributed by atoms with E-state index >= 15 is 0 Å². The van der Waals surface area contributed by atoms with E-state index in [0.717, 1.165) is 54.6 Å². The Morgan fingerprint density at radius 2 is 1.68 bits per heavy atom. The van der Waals surface area contributed by atoms with Gasteiger partial charge in [0.2, 0.25) is 5.82 Å². The Morgan fingerprint density at radius 3 is 2.37 bits per heavy atom. The Hall–Kier alpha value is -4.78. The summed E-state index contributed by atoms with van der Waals surface area (Å²) in [5.41, 5.74) is 3.40. The highest BCUT2D eigenvalue weighted by molar-refractivity contribution is 7.99. The summed E-state index contributed by atoms with van der Waals surface area (Å²) >= 11 is 7.71. The number of alkyl halides is 3. The number of benzene rings is 4. The van der Waals surface area contributed by atoms with Crippen LogP contribution in [-0.2, 0) is 35.7 Å². The third kappa shape index (κ3) is 11.4. The van der Waals surface area contributed by atoms with Crippen LogP contribution in [0.2, 0.25) is 5.02 Å². The molecule has 0 amide bonds. The van der Waals surface area contributed by atoms with Gasteiger partial charge in [-0.15, -0.1) is 11.8 Å². The minimum absolute atomic E-state index is 0.0856. The average Bonchev–Trinajstić information content (AvgIpc) is 3.25. The van der Waals surface area contributed by atoms with Crippen molar-refractivity contribution in [2.75, 3.05) is 56.1 Å². The van der Waals surface area contributed by atoms with Crippen LogP contribution >= 0.6 is 23.4 Å². The second-order valence-corrected chi connectivity index (χ2v) is 19.0. The second-order valence-electron chi connectivity index (χ2n) is 15.8. The van der Waals surface area contributed by atoms with Crippen molar-refractivity contribution in [1.82, 2.24) is 24.7 Å². The molecule has 0 spiro atoms. The molecule has 4 aromatic carbocycles. The number of piperidine rings is 1. The summed E-state index contributed by atoms with van der Waals surface area (Å²) < 4.78 is 72.7. The first-order valence-corrected chi connectivity index (χ1v) is 23.1. The van der Waals surface area contributed by atoms with E-state index in [2.05, 4.69) is 41.9 Å². The zero-order valence-electron chi connectivity index (χ0n) is 34.3. The highest BCUT2D eigenvalue weighted by Crippen LogP contribution is 2.36. The van der Waals surface area contributed by atoms with Crippen molar-refractivity contribution in [3.05, 3.63) is 135 Å². The molecule has 2 aliphatic rings. The van der Waals surface area contributed by atoms with Gasteiger partial charge in [0.25, 0.3) is 15.7 Å². The largest absolute Gasteiger partial charge is 0.451 e. The fourth-order valence-corrected chi connectivity index (χ4v) is 10.1. The molecule has 0 bridgehead atoms. The number of hydrogen-bond acceptors (Lipinski definition) is 11. The molecule has 0 radical (unpaired) electrons. The second kappa shape index (κ2) is 19.7. The van der Waals surface area contributed by atoms with Crippen molar-refractivity contribution < 1.29 is 26.5 Å². The van der Waals surface area contributed by atoms with Gasteiger partial charge in [-0.3, -0.25) is 24.6 Å². The van der Waals surface area contributed by atoms with Crippen molar-refractivity contribution in [1.29, 1.82) is 0 Å². The van der Waals surface area contributed by atoms with Gasteiger partial charge in [-0.2, -0.15) is 13.2 Å². The van der Waals surface area contributed by atoms with E-state index in [0.29, 0.717) is 30.3 Å². The number of nitrogens with one attached hydrogen (secondary N) is 2. The van der Waals surface area contributed by atoms with E-state index in [4.69, 9.17) is 11.6 Å². The Labute approximate surface area is 369 Å². The zero-order valence-corrected chi connectivity index (χ0v) is 36.7. The molecule has 328 valence electrons. The van der Waals surface area contributed by atoms with Crippen molar-refractivity contribution in [3.63, 3.8) is 0 Å². The summed E-state index contributed by atoms with van der Waals surface area (Å²) in [4.78, 5) is 26.3. The summed E-state index contributed by atoms with van der Waals surface area (Å²) in [7, 11) is -0.791. The third-order valence-corrected chi connectivity index (χ3v) is 13.9. The predicted molar refractivity (Wildman–Crippen MR) is 238 cm³/mol. The molecule has 7 rings (SSSR count). The zero-order chi connectivity index (χ0) is 44.0. The number of fused-ring (bicyclic) bond motifs is 1. The standard InChI is InChI=1S/C44H48ClF3N8O4S2/c1-53(2)22-18-33(29-61-35-9-4-3-5-10-35)49-39-17-16-36(26-41(39)56(57)58)62(59,60)52-42-38-21-25-55(28-40(38)50-43(51-42)44(46,47)48)34-19-23-54(24-20-34)27-31-8-6-7-11-37(31)30-12-14-32(45)15-13-30/h3-17,26,33-34,49H,18-25,27-29H2,1-2H3,(H,50,51,52). The summed E-state index contributed by atoms with van der Waals surface area (Å²) in [5, 5.41) is 16.3. The normalized spacial score (nSPS) is 15.9. The lowest BCUT2D eigenvalue weighted by molar-refractivity contribution is -0.384. The molecule has 18 heteroatoms. The van der Waals surface area contributed by atoms with Crippen LogP contribution in [0.3, 0.4) is 0 Å². The van der Waals surface area contributed by atoms with Crippen LogP contribution in [0.4, 0.5) is 30.4 Å². The van der Waals surface area contributed by atoms with Gasteiger partial charge < -0.3 is 10.2 Å². The topological polar surface area (TPSA) is 137 Å². The molecular weight excluding hydrogens is 861 g/mol. The first kappa shape index (κ1) is 45.3. The summed E-state index contributed by atoms with van der Waals surface area (Å²) in [5.74, 6) is -1.37. The number of hydrogen-bond donors (Lipinski definition) is 2. The van der Waals surface area contributed by atoms with Gasteiger partial charge in [0.15, 0.2) is 0 Å². The maximum absolute atomic E-state index is 14.2. The number of rotatable bonds is 16. The molecular formula is C44H48ClF3N8O4S2. The van der Waals surface area contributed by atoms with Crippen LogP contribution in [-0.4, -0.2) is 96.1 Å². The summed E-state index contributed by atoms with van der Waals surface area (Å²) in [6.45, 7) is 3.56. The van der Waals surface area contributed by atoms with E-state index in [1.165, 1.54) is 17.7 Å². The summed E-state index contributed by atoms with van der Waals surface area (Å²) in [6, 6.07) is 29.0. The number of nitro groups is 1. The van der Waals surface area contributed by atoms with Gasteiger partial charge in [-0.05, 0) is 113 Å². The SMILES string of the molecule is CN(C)CCC(CSc1ccccc1)Nc1ccc(S(=O)(=O)Nc2nc(C(F)(F)F)nc3c2CCN(C2CCN(Cc4ccccc4-c4ccc(Cl)cc4)CC2)C3)cc1[N+](=O)[O-]. The molecule has 1 unspecified atom stereocenters. The first-order valence-electron chi connectivity index (χ1n) is 20.3. The Balaban J connectivity index is 1.05. The summed E-state index contributed by atoms with van der Waals surface area (Å²) in [6.07, 6.45) is -2.52. The highest BCUT2D eigenvalue weighted by atomic mass is 35.5. The van der Waals surface area contributed by atoms with E-state index in [9.17, 15) is 31.7 Å². The van der Waals surface area contributed by atoms with Gasteiger partial charge in [0.1, 0.15) is 11.5 Å². The van der Waals surface area contributed by atoms with E-state index in [1.807, 2.05) is 85.7 Å². The number of halogens is 4. The fraction of sp³-hybridized carbons (Fsp3) is 0.364. The number of thioether (sulfide) groups is 1. The van der Waals surface area contributed by atoms with Gasteiger partial charge in [0, 0.05) is 59.0 Å². The first-order chi connectivity index (χ1) is 29.6. The lowest BCUT2D eigenvalue weighted by Crippen LogP contribution is -2.46. The fourth-order valence-electron chi connectivity index (χ4n) is 7.91. The van der Waals surface area contributed by atoms with Gasteiger partial charge in [-0.25, -0.2) is 18.4 Å². The molecule has 2 aliphatic heterocycles. The van der Waals surface area contributed by atoms with Crippen LogP contribution < -0.4 is 10.0 Å². The van der Waals surface area contributed by atoms with Crippen LogP contribution in [0, 0.1) is 10.1 Å². The Morgan fingerprint density at radius 1 is 0.968 bits per heavy atom. The maximum atomic E-state index is 14.2. The van der Waals surface area contributed by atoms with Crippen molar-refractivity contribution >= 4 is 50.6 Å². The van der Waals surface area contributed by atoms with E-state index in [-0.39, 0.29) is 42.0 Å². The number of nitro benzene ring substituents is 1. The maximum Gasteiger partial charge on any atom is 0.451 e. The molecule has 1 aromatic heterocycles. The quantitative estimate of drug-likeness (QED) is 0.0558. The minimum atomic E-state index is -4.96. The van der Waals surface area contributed by atoms with Crippen molar-refractivity contribution in [2.45, 2.75) is 66.8 Å². The van der Waals surface area contributed by atoms with Crippen molar-refractivity contribution in [3.8, 4) is 11.1 Å². The van der Waals surface area contributed by atoms with Gasteiger partial charge in [-0.1, -0.05) is 66.2 Å². The monoisotopic (exact) mass is 908 g/mol. The molecule has 0 aliphatic carbocycles. The molecule has 1 saturated heterocycles. The van der Waals surface area contributed by atoms with Crippen LogP contribution in [0.5, 0.6) is 0 Å². The number of anilines is 2. The molecule has 12 nitrogen and oxygen atoms in total. The van der Waals surface area contributed by atoms with E-state index in [1.54, 1.807) is 11.8 Å². The van der Waals surface area contributed by atoms with Crippen molar-refractivity contribution in [2.24, 2.45) is 0 Å². The molecule has 1 atom stereocenters. The highest BCUT2D eigenvalue weighted by Gasteiger charge is 2.39. The van der Waals surface area contributed by atoms with Gasteiger partial charge in [0.05, 0.1) is 15.5 Å². The molecule has 62 heavy (non-hydrogen) atoms. The number of sulfonamides is 1.